The van der Waals surface area contributed by atoms with E-state index in [0.717, 1.165) is 26.2 Å². The van der Waals surface area contributed by atoms with Crippen molar-refractivity contribution in [1.29, 1.82) is 0 Å². The normalized spacial score (nSPS) is 6.80. The van der Waals surface area contributed by atoms with Crippen LogP contribution in [0.25, 0.3) is 0 Å². The molecule has 0 fully saturated rings. The molecule has 0 atom stereocenters. The van der Waals surface area contributed by atoms with Gasteiger partial charge in [-0.05, 0) is 0 Å². The van der Waals surface area contributed by atoms with Crippen LogP contribution in [0.5, 0.6) is 0 Å². The first-order chi connectivity index (χ1) is 9.44. The summed E-state index contributed by atoms with van der Waals surface area (Å²) in [6.45, 7) is 17.3. The van der Waals surface area contributed by atoms with Crippen molar-refractivity contribution in [3.63, 3.8) is 0 Å². The van der Waals surface area contributed by atoms with Gasteiger partial charge in [-0.1, -0.05) is 48.7 Å². The van der Waals surface area contributed by atoms with E-state index in [0.29, 0.717) is 8.64 Å². The van der Waals surface area contributed by atoms with Crippen molar-refractivity contribution in [2.24, 2.45) is 0 Å². The third kappa shape index (κ3) is 31.0. The summed E-state index contributed by atoms with van der Waals surface area (Å²) in [6, 6.07) is 0. The number of thiol groups is 2. The number of nitrogens with zero attached hydrogens (tertiary/aromatic N) is 2. The second-order valence-corrected chi connectivity index (χ2v) is 5.76. The topological polar surface area (TPSA) is 6.48 Å². The van der Waals surface area contributed by atoms with E-state index in [9.17, 15) is 0 Å². The van der Waals surface area contributed by atoms with Crippen LogP contribution in [-0.2, 0) is 85.4 Å². The Balaban J connectivity index is -0.0000000432. The SMILES string of the molecule is C=CCN(CC=C)C(=S)S.C=CCN(CC=C)C(=S)S.[S-2].[S-2].[Zn+2].[Zn+2].[Zn+2]. The molecule has 0 aliphatic heterocycles. The van der Waals surface area contributed by atoms with E-state index in [-0.39, 0.29) is 85.4 Å². The standard InChI is InChI=1S/2C7H11NS2.2S.3Zn/c2*1-3-5-8(6-4-2)7(9)10;;;;;/h2*3-4H,1-2,5-6H2,(H,9,10);;;;;/q;;2*-2;3*+2. The van der Waals surface area contributed by atoms with Crippen molar-refractivity contribution in [1.82, 2.24) is 9.80 Å². The van der Waals surface area contributed by atoms with Gasteiger partial charge in [-0.15, -0.1) is 51.6 Å². The molecule has 0 unspecified atom stereocenters. The Morgan fingerprint density at radius 2 is 0.800 bits per heavy atom. The molecule has 2 nitrogen and oxygen atoms in total. The number of thiocarbonyl (C=S) groups is 2. The van der Waals surface area contributed by atoms with Crippen molar-refractivity contribution < 1.29 is 58.4 Å². The third-order valence-corrected chi connectivity index (χ3v) is 3.02. The van der Waals surface area contributed by atoms with Crippen LogP contribution in [0.15, 0.2) is 50.6 Å². The van der Waals surface area contributed by atoms with Crippen LogP contribution in [0.4, 0.5) is 0 Å². The molecule has 128 valence electrons. The van der Waals surface area contributed by atoms with Crippen LogP contribution >= 0.6 is 49.7 Å². The minimum Gasteiger partial charge on any atom is -2.00 e. The average molecular weight is 607 g/mol. The maximum Gasteiger partial charge on any atom is 2.00 e. The first-order valence-corrected chi connectivity index (χ1v) is 7.54. The summed E-state index contributed by atoms with van der Waals surface area (Å²) in [4.78, 5) is 3.77. The van der Waals surface area contributed by atoms with Crippen molar-refractivity contribution in [2.45, 2.75) is 0 Å². The maximum atomic E-state index is 4.84. The zero-order chi connectivity index (χ0) is 16.0. The molecule has 0 aliphatic carbocycles. The Hall–Kier alpha value is 2.01. The molecule has 0 N–H and O–H groups in total. The first kappa shape index (κ1) is 45.6. The number of hydrogen-bond acceptors (Lipinski definition) is 2. The summed E-state index contributed by atoms with van der Waals surface area (Å²) in [5.74, 6) is 0. The molecule has 0 aromatic carbocycles. The van der Waals surface area contributed by atoms with E-state index in [1.807, 2.05) is 9.80 Å². The van der Waals surface area contributed by atoms with Gasteiger partial charge in [-0.2, -0.15) is 0 Å². The van der Waals surface area contributed by atoms with Gasteiger partial charge in [0.05, 0.1) is 0 Å². The number of hydrogen-bond donors (Lipinski definition) is 2. The summed E-state index contributed by atoms with van der Waals surface area (Å²) >= 11 is 17.7. The molecule has 0 aromatic heterocycles. The Morgan fingerprint density at radius 3 is 0.880 bits per heavy atom. The van der Waals surface area contributed by atoms with Gasteiger partial charge >= 0.3 is 58.4 Å². The molecular formula is C14H22N2S6Zn3+2. The Bertz CT molecular complexity index is 316. The van der Waals surface area contributed by atoms with E-state index < -0.39 is 0 Å². The summed E-state index contributed by atoms with van der Waals surface area (Å²) in [5, 5.41) is 0. The maximum absolute atomic E-state index is 4.84. The molecule has 11 heteroatoms. The minimum atomic E-state index is 0. The summed E-state index contributed by atoms with van der Waals surface area (Å²) in [6.07, 6.45) is 7.14. The van der Waals surface area contributed by atoms with Crippen molar-refractivity contribution in [3.05, 3.63) is 50.6 Å². The second-order valence-electron chi connectivity index (χ2n) is 3.53. The quantitative estimate of drug-likeness (QED) is 0.188. The fourth-order valence-corrected chi connectivity index (χ4v) is 1.71. The van der Waals surface area contributed by atoms with Crippen LogP contribution in [-0.4, -0.2) is 44.6 Å². The smallest absolute Gasteiger partial charge is 2.00 e. The van der Waals surface area contributed by atoms with Gasteiger partial charge in [0.25, 0.3) is 0 Å². The molecule has 0 saturated carbocycles. The first-order valence-electron chi connectivity index (χ1n) is 5.83. The van der Waals surface area contributed by atoms with Crippen molar-refractivity contribution in [2.75, 3.05) is 26.2 Å². The van der Waals surface area contributed by atoms with Gasteiger partial charge < -0.3 is 36.8 Å². The van der Waals surface area contributed by atoms with Crippen LogP contribution in [0.1, 0.15) is 0 Å². The molecule has 0 spiro atoms. The zero-order valence-corrected chi connectivity index (χ0v) is 28.5. The number of rotatable bonds is 8. The molecule has 0 bridgehead atoms. The van der Waals surface area contributed by atoms with E-state index in [4.69, 9.17) is 24.4 Å². The second kappa shape index (κ2) is 33.6. The molecular weight excluding hydrogens is 585 g/mol. The van der Waals surface area contributed by atoms with Gasteiger partial charge in [-0.3, -0.25) is 0 Å². The molecule has 25 heavy (non-hydrogen) atoms. The van der Waals surface area contributed by atoms with E-state index in [2.05, 4.69) is 51.6 Å². The predicted octanol–water partition coefficient (Wildman–Crippen LogP) is 3.74. The Morgan fingerprint density at radius 1 is 0.640 bits per heavy atom. The molecule has 0 radical (unpaired) electrons. The largest absolute Gasteiger partial charge is 2.00 e. The van der Waals surface area contributed by atoms with Gasteiger partial charge in [0.15, 0.2) is 0 Å². The molecule has 0 heterocycles. The predicted molar refractivity (Wildman–Crippen MR) is 122 cm³/mol. The fourth-order valence-electron chi connectivity index (χ4n) is 1.08. The summed E-state index contributed by atoms with van der Waals surface area (Å²) < 4.78 is 1.17. The van der Waals surface area contributed by atoms with Crippen LogP contribution in [0.3, 0.4) is 0 Å². The van der Waals surface area contributed by atoms with Crippen molar-refractivity contribution >= 4 is 85.3 Å². The monoisotopic (exact) mass is 602 g/mol. The molecule has 0 amide bonds. The van der Waals surface area contributed by atoms with Gasteiger partial charge in [0.2, 0.25) is 0 Å². The molecule has 0 aromatic rings. The Labute approximate surface area is 227 Å². The molecule has 0 rings (SSSR count). The van der Waals surface area contributed by atoms with Gasteiger partial charge in [0, 0.05) is 26.2 Å². The van der Waals surface area contributed by atoms with Gasteiger partial charge in [0.1, 0.15) is 8.64 Å². The van der Waals surface area contributed by atoms with Crippen LogP contribution in [0, 0.1) is 0 Å². The fraction of sp³-hybridized carbons (Fsp3) is 0.286. The molecule has 0 aliphatic rings. The third-order valence-electron chi connectivity index (χ3n) is 1.94. The Kier molecular flexibility index (Phi) is 61.3. The van der Waals surface area contributed by atoms with E-state index in [1.165, 1.54) is 0 Å². The summed E-state index contributed by atoms with van der Waals surface area (Å²) in [7, 11) is 0. The van der Waals surface area contributed by atoms with E-state index >= 15 is 0 Å². The zero-order valence-electron chi connectivity index (χ0n) is 14.5. The minimum absolute atomic E-state index is 0. The molecule has 0 saturated heterocycles. The summed E-state index contributed by atoms with van der Waals surface area (Å²) in [5.41, 5.74) is 0. The van der Waals surface area contributed by atoms with E-state index in [1.54, 1.807) is 24.3 Å². The van der Waals surface area contributed by atoms with Crippen LogP contribution < -0.4 is 0 Å². The van der Waals surface area contributed by atoms with Gasteiger partial charge in [-0.25, -0.2) is 0 Å². The average Bonchev–Trinajstić information content (AvgIpc) is 2.38. The van der Waals surface area contributed by atoms with Crippen LogP contribution in [0.2, 0.25) is 0 Å². The van der Waals surface area contributed by atoms with Crippen molar-refractivity contribution in [3.8, 4) is 0 Å².